The highest BCUT2D eigenvalue weighted by Gasteiger charge is 2.46. The first-order valence-electron chi connectivity index (χ1n) is 9.20. The predicted molar refractivity (Wildman–Crippen MR) is 101 cm³/mol. The average Bonchev–Trinajstić information content (AvgIpc) is 3.34. The van der Waals surface area contributed by atoms with Crippen molar-refractivity contribution in [1.29, 1.82) is 0 Å². The predicted octanol–water partition coefficient (Wildman–Crippen LogP) is 3.54. The van der Waals surface area contributed by atoms with Crippen LogP contribution in [0.5, 0.6) is 0 Å². The van der Waals surface area contributed by atoms with Gasteiger partial charge in [-0.3, -0.25) is 0 Å². The molecular formula is C19H23FN2O4S. The standard InChI is InChI=1S/C19H23FN2O4S/c1-10(25-2)3-4-26-15-8-13-5-12(15)9-22(13)19-21-17-14(20)6-11(18(23)24)7-16(17)27-19/h6-7,10,12-13,15H,3-5,8-9H2,1-2H3,(H,23,24)/t10?,12-,13-,15+/m0/s1. The van der Waals surface area contributed by atoms with Gasteiger partial charge in [-0.15, -0.1) is 0 Å². The highest BCUT2D eigenvalue weighted by atomic mass is 32.1. The number of nitrogens with zero attached hydrogens (tertiary/aromatic N) is 2. The highest BCUT2D eigenvalue weighted by Crippen LogP contribution is 2.44. The summed E-state index contributed by atoms with van der Waals surface area (Å²) in [5, 5.41) is 9.88. The number of methoxy groups -OCH3 is 1. The summed E-state index contributed by atoms with van der Waals surface area (Å²) in [5.74, 6) is -1.25. The van der Waals surface area contributed by atoms with Crippen LogP contribution in [0.2, 0.25) is 0 Å². The number of benzene rings is 1. The molecule has 2 aliphatic rings. The average molecular weight is 394 g/mol. The number of ether oxygens (including phenoxy) is 2. The van der Waals surface area contributed by atoms with Crippen molar-refractivity contribution in [2.75, 3.05) is 25.2 Å². The monoisotopic (exact) mass is 394 g/mol. The molecule has 2 fully saturated rings. The first kappa shape index (κ1) is 18.6. The summed E-state index contributed by atoms with van der Waals surface area (Å²) >= 11 is 1.36. The number of rotatable bonds is 7. The maximum Gasteiger partial charge on any atom is 0.335 e. The van der Waals surface area contributed by atoms with Crippen LogP contribution in [0.15, 0.2) is 12.1 Å². The molecule has 4 rings (SSSR count). The third-order valence-electron chi connectivity index (χ3n) is 5.67. The van der Waals surface area contributed by atoms with E-state index in [2.05, 4.69) is 9.88 Å². The molecule has 2 bridgehead atoms. The normalized spacial score (nSPS) is 25.4. The first-order valence-corrected chi connectivity index (χ1v) is 10.0. The summed E-state index contributed by atoms with van der Waals surface area (Å²) in [6, 6.07) is 2.89. The smallest absolute Gasteiger partial charge is 0.335 e. The van der Waals surface area contributed by atoms with Crippen molar-refractivity contribution in [3.8, 4) is 0 Å². The second-order valence-electron chi connectivity index (χ2n) is 7.39. The number of fused-ring (bicyclic) bond motifs is 3. The molecule has 1 unspecified atom stereocenters. The van der Waals surface area contributed by atoms with Crippen LogP contribution in [0, 0.1) is 11.7 Å². The highest BCUT2D eigenvalue weighted by molar-refractivity contribution is 7.22. The number of hydrogen-bond donors (Lipinski definition) is 1. The fraction of sp³-hybridized carbons (Fsp3) is 0.579. The van der Waals surface area contributed by atoms with Gasteiger partial charge in [0.15, 0.2) is 10.9 Å². The number of anilines is 1. The van der Waals surface area contributed by atoms with Crippen molar-refractivity contribution in [3.63, 3.8) is 0 Å². The minimum absolute atomic E-state index is 0.0445. The van der Waals surface area contributed by atoms with E-state index in [4.69, 9.17) is 14.6 Å². The molecule has 4 atom stereocenters. The summed E-state index contributed by atoms with van der Waals surface area (Å²) in [6.45, 7) is 3.59. The molecule has 1 aliphatic heterocycles. The number of aromatic nitrogens is 1. The van der Waals surface area contributed by atoms with Gasteiger partial charge in [0.2, 0.25) is 0 Å². The largest absolute Gasteiger partial charge is 0.478 e. The fourth-order valence-electron chi connectivity index (χ4n) is 4.07. The Balaban J connectivity index is 1.44. The summed E-state index contributed by atoms with van der Waals surface area (Å²) in [6.07, 6.45) is 3.36. The first-order chi connectivity index (χ1) is 13.0. The van der Waals surface area contributed by atoms with E-state index in [1.54, 1.807) is 7.11 Å². The molecule has 1 N–H and O–H groups in total. The second kappa shape index (κ2) is 7.33. The Hall–Kier alpha value is -1.77. The SMILES string of the molecule is COC(C)CCO[C@@H]1C[C@@H]2C[C@H]1CN2c1nc2c(F)cc(C(=O)O)cc2s1. The Labute approximate surface area is 160 Å². The van der Waals surface area contributed by atoms with Crippen molar-refractivity contribution < 1.29 is 23.8 Å². The van der Waals surface area contributed by atoms with Crippen molar-refractivity contribution in [2.45, 2.75) is 44.4 Å². The molecular weight excluding hydrogens is 371 g/mol. The second-order valence-corrected chi connectivity index (χ2v) is 8.40. The van der Waals surface area contributed by atoms with Crippen LogP contribution in [0.1, 0.15) is 36.5 Å². The van der Waals surface area contributed by atoms with Crippen LogP contribution in [0.25, 0.3) is 10.2 Å². The number of hydrogen-bond acceptors (Lipinski definition) is 6. The number of thiazole rings is 1. The van der Waals surface area contributed by atoms with E-state index in [1.807, 2.05) is 6.92 Å². The van der Waals surface area contributed by atoms with Gasteiger partial charge in [0.05, 0.1) is 22.5 Å². The molecule has 0 spiro atoms. The number of carbonyl (C=O) groups is 1. The van der Waals surface area contributed by atoms with Crippen LogP contribution in [-0.2, 0) is 9.47 Å². The third-order valence-corrected chi connectivity index (χ3v) is 6.70. The Morgan fingerprint density at radius 1 is 1.48 bits per heavy atom. The molecule has 27 heavy (non-hydrogen) atoms. The van der Waals surface area contributed by atoms with Crippen LogP contribution in [0.3, 0.4) is 0 Å². The van der Waals surface area contributed by atoms with Gasteiger partial charge in [-0.05, 0) is 38.3 Å². The number of piperidine rings is 1. The van der Waals surface area contributed by atoms with Crippen molar-refractivity contribution in [1.82, 2.24) is 4.98 Å². The lowest BCUT2D eigenvalue weighted by atomic mass is 10.1. The lowest BCUT2D eigenvalue weighted by Gasteiger charge is -2.31. The molecule has 1 saturated heterocycles. The maximum atomic E-state index is 14.2. The Morgan fingerprint density at radius 3 is 2.96 bits per heavy atom. The number of carboxylic acid groups (broad SMARTS) is 1. The van der Waals surface area contributed by atoms with Crippen LogP contribution in [-0.4, -0.2) is 54.6 Å². The molecule has 146 valence electrons. The van der Waals surface area contributed by atoms with Gasteiger partial charge in [-0.2, -0.15) is 0 Å². The summed E-state index contributed by atoms with van der Waals surface area (Å²) in [4.78, 5) is 17.8. The minimum atomic E-state index is -1.13. The zero-order chi connectivity index (χ0) is 19.1. The third kappa shape index (κ3) is 3.53. The zero-order valence-electron chi connectivity index (χ0n) is 15.4. The van der Waals surface area contributed by atoms with Crippen molar-refractivity contribution >= 4 is 32.7 Å². The van der Waals surface area contributed by atoms with Crippen LogP contribution >= 0.6 is 11.3 Å². The minimum Gasteiger partial charge on any atom is -0.478 e. The van der Waals surface area contributed by atoms with Gasteiger partial charge in [0, 0.05) is 32.2 Å². The quantitative estimate of drug-likeness (QED) is 0.774. The number of aromatic carboxylic acids is 1. The molecule has 1 saturated carbocycles. The fourth-order valence-corrected chi connectivity index (χ4v) is 5.17. The number of halogens is 1. The summed E-state index contributed by atoms with van der Waals surface area (Å²) in [5.41, 5.74) is 0.209. The molecule has 0 amide bonds. The van der Waals surface area contributed by atoms with E-state index in [9.17, 15) is 9.18 Å². The van der Waals surface area contributed by atoms with Crippen molar-refractivity contribution in [2.24, 2.45) is 5.92 Å². The molecule has 2 aromatic rings. The Kier molecular flexibility index (Phi) is 5.05. The molecule has 1 aromatic heterocycles. The topological polar surface area (TPSA) is 71.9 Å². The zero-order valence-corrected chi connectivity index (χ0v) is 16.2. The van der Waals surface area contributed by atoms with E-state index in [0.29, 0.717) is 23.3 Å². The molecule has 8 heteroatoms. The van der Waals surface area contributed by atoms with Crippen LogP contribution in [0.4, 0.5) is 9.52 Å². The van der Waals surface area contributed by atoms with E-state index < -0.39 is 11.8 Å². The van der Waals surface area contributed by atoms with E-state index >= 15 is 0 Å². The van der Waals surface area contributed by atoms with Crippen molar-refractivity contribution in [3.05, 3.63) is 23.5 Å². The van der Waals surface area contributed by atoms with Crippen LogP contribution < -0.4 is 4.90 Å². The molecule has 1 aromatic carbocycles. The van der Waals surface area contributed by atoms with Gasteiger partial charge >= 0.3 is 5.97 Å². The van der Waals surface area contributed by atoms with E-state index in [0.717, 1.165) is 37.0 Å². The lowest BCUT2D eigenvalue weighted by molar-refractivity contribution is 0.000778. The van der Waals surface area contributed by atoms with Gasteiger partial charge in [0.25, 0.3) is 0 Å². The molecule has 6 nitrogen and oxygen atoms in total. The van der Waals surface area contributed by atoms with Gasteiger partial charge in [-0.1, -0.05) is 11.3 Å². The molecule has 2 heterocycles. The summed E-state index contributed by atoms with van der Waals surface area (Å²) in [7, 11) is 1.71. The van der Waals surface area contributed by atoms with Gasteiger partial charge in [-0.25, -0.2) is 14.2 Å². The van der Waals surface area contributed by atoms with Gasteiger partial charge in [0.1, 0.15) is 5.52 Å². The molecule has 0 radical (unpaired) electrons. The number of carboxylic acids is 1. The Bertz CT molecular complexity index is 858. The molecule has 1 aliphatic carbocycles. The Morgan fingerprint density at radius 2 is 2.30 bits per heavy atom. The van der Waals surface area contributed by atoms with E-state index in [1.165, 1.54) is 17.4 Å². The maximum absolute atomic E-state index is 14.2. The summed E-state index contributed by atoms with van der Waals surface area (Å²) < 4.78 is 26.1. The van der Waals surface area contributed by atoms with Gasteiger partial charge < -0.3 is 19.5 Å². The lowest BCUT2D eigenvalue weighted by Crippen LogP contribution is -2.38. The van der Waals surface area contributed by atoms with E-state index in [-0.39, 0.29) is 23.3 Å².